The van der Waals surface area contributed by atoms with Crippen molar-refractivity contribution in [2.75, 3.05) is 7.05 Å². The first kappa shape index (κ1) is 18.3. The largest absolute Gasteiger partial charge is 0.357 e. The van der Waals surface area contributed by atoms with Crippen LogP contribution in [-0.2, 0) is 14.5 Å². The predicted octanol–water partition coefficient (Wildman–Crippen LogP) is 1.35. The Morgan fingerprint density at radius 1 is 1.32 bits per heavy atom. The van der Waals surface area contributed by atoms with Crippen molar-refractivity contribution in [3.8, 4) is 0 Å². The maximum atomic E-state index is 12.3. The molecule has 8 heteroatoms. The van der Waals surface area contributed by atoms with E-state index in [0.29, 0.717) is 10.5 Å². The van der Waals surface area contributed by atoms with Crippen LogP contribution in [0.2, 0.25) is 0 Å². The van der Waals surface area contributed by atoms with Crippen molar-refractivity contribution in [1.29, 1.82) is 10.2 Å². The van der Waals surface area contributed by atoms with Crippen LogP contribution in [0.4, 0.5) is 0 Å². The molecule has 0 heterocycles. The molecule has 0 bridgehead atoms. The van der Waals surface area contributed by atoms with Gasteiger partial charge in [0.25, 0.3) is 0 Å². The molecule has 1 amide bonds. The third kappa shape index (κ3) is 3.18. The Labute approximate surface area is 130 Å². The smallest absolute Gasteiger partial charge is 0.248 e. The summed E-state index contributed by atoms with van der Waals surface area (Å²) in [4.78, 5) is 12.2. The third-order valence-electron chi connectivity index (χ3n) is 3.56. The third-order valence-corrected chi connectivity index (χ3v) is 5.86. The first-order chi connectivity index (χ1) is 10.1. The van der Waals surface area contributed by atoms with E-state index in [1.54, 1.807) is 13.8 Å². The first-order valence-electron chi connectivity index (χ1n) is 6.71. The topological polar surface area (TPSA) is 126 Å². The Bertz CT molecular complexity index is 668. The molecule has 0 spiro atoms. The lowest BCUT2D eigenvalue weighted by molar-refractivity contribution is -0.127. The summed E-state index contributed by atoms with van der Waals surface area (Å²) in [5.74, 6) is -0.560. The minimum absolute atomic E-state index is 0.137. The number of hydrogen-bond acceptors (Lipinski definition) is 6. The lowest BCUT2D eigenvalue weighted by Crippen LogP contribution is -2.58. The Kier molecular flexibility index (Phi) is 5.44. The van der Waals surface area contributed by atoms with Crippen LogP contribution in [0.5, 0.6) is 0 Å². The minimum Gasteiger partial charge on any atom is -0.357 e. The molecule has 0 aliphatic carbocycles. The molecule has 0 aromatic heterocycles. The number of carbonyl (C=O) groups is 1. The van der Waals surface area contributed by atoms with Crippen molar-refractivity contribution in [2.45, 2.75) is 36.5 Å². The average molecular weight is 326 g/mol. The zero-order chi connectivity index (χ0) is 17.1. The van der Waals surface area contributed by atoms with Gasteiger partial charge in [-0.2, -0.15) is 5.48 Å². The number of likely N-dealkylation sites (N-methyl/N-ethyl adjacent to an activating group) is 1. The quantitative estimate of drug-likeness (QED) is 0.399. The van der Waals surface area contributed by atoms with Gasteiger partial charge in [-0.3, -0.25) is 4.79 Å². The summed E-state index contributed by atoms with van der Waals surface area (Å²) < 4.78 is 20.2. The second kappa shape index (κ2) is 6.55. The molecule has 7 nitrogen and oxygen atoms in total. The summed E-state index contributed by atoms with van der Waals surface area (Å²) in [7, 11) is -1.49. The molecule has 0 saturated carbocycles. The van der Waals surface area contributed by atoms with Gasteiger partial charge in [0.1, 0.15) is 0 Å². The summed E-state index contributed by atoms with van der Waals surface area (Å²) >= 11 is 0. The van der Waals surface area contributed by atoms with Crippen LogP contribution in [0, 0.1) is 10.2 Å². The van der Waals surface area contributed by atoms with E-state index in [-0.39, 0.29) is 11.0 Å². The average Bonchev–Trinajstić information content (AvgIpc) is 2.52. The molecule has 1 rings (SSSR count). The summed E-state index contributed by atoms with van der Waals surface area (Å²) in [6.07, 6.45) is 0. The Hall–Kier alpha value is -1.77. The van der Waals surface area contributed by atoms with Gasteiger partial charge in [0.15, 0.2) is 5.54 Å². The lowest BCUT2D eigenvalue weighted by Gasteiger charge is -2.27. The van der Waals surface area contributed by atoms with Crippen LogP contribution in [0.15, 0.2) is 29.2 Å². The van der Waals surface area contributed by atoms with Crippen molar-refractivity contribution >= 4 is 21.3 Å². The van der Waals surface area contributed by atoms with Gasteiger partial charge >= 0.3 is 0 Å². The van der Waals surface area contributed by atoms with E-state index in [9.17, 15) is 14.2 Å². The standard InChI is InChI=1S/C14H22N4O3S/c1-9(2)22(16,21)11-7-5-10(6-8-11)12(15)14(3,18-20)13(19)17-4/h5-9,15-16,18,20H,1-4H3,(H,17,19). The normalized spacial score (nSPS) is 16.6. The van der Waals surface area contributed by atoms with E-state index in [1.165, 1.54) is 38.2 Å². The molecule has 122 valence electrons. The number of benzene rings is 1. The number of rotatable bonds is 6. The molecule has 2 atom stereocenters. The molecule has 0 fully saturated rings. The number of hydroxylamine groups is 1. The molecule has 1 aromatic carbocycles. The SMILES string of the molecule is CNC(=O)C(C)(NO)C(=N)c1ccc(S(=N)(=O)C(C)C)cc1. The number of carbonyl (C=O) groups excluding carboxylic acids is 1. The van der Waals surface area contributed by atoms with Crippen LogP contribution >= 0.6 is 0 Å². The highest BCUT2D eigenvalue weighted by Gasteiger charge is 2.37. The fourth-order valence-electron chi connectivity index (χ4n) is 1.85. The van der Waals surface area contributed by atoms with E-state index in [2.05, 4.69) is 5.32 Å². The molecule has 1 aromatic rings. The minimum atomic E-state index is -2.90. The molecular formula is C14H22N4O3S. The second-order valence-corrected chi connectivity index (χ2v) is 7.98. The summed E-state index contributed by atoms with van der Waals surface area (Å²) in [6, 6.07) is 6.07. The van der Waals surface area contributed by atoms with E-state index < -0.39 is 21.2 Å². The second-order valence-electron chi connectivity index (χ2n) is 5.36. The maximum Gasteiger partial charge on any atom is 0.248 e. The van der Waals surface area contributed by atoms with E-state index in [1.807, 2.05) is 5.48 Å². The van der Waals surface area contributed by atoms with Crippen molar-refractivity contribution in [2.24, 2.45) is 0 Å². The van der Waals surface area contributed by atoms with Crippen molar-refractivity contribution in [3.05, 3.63) is 29.8 Å². The predicted molar refractivity (Wildman–Crippen MR) is 84.9 cm³/mol. The summed E-state index contributed by atoms with van der Waals surface area (Å²) in [6.45, 7) is 4.80. The molecule has 22 heavy (non-hydrogen) atoms. The van der Waals surface area contributed by atoms with Gasteiger partial charge in [-0.05, 0) is 38.5 Å². The first-order valence-corrected chi connectivity index (χ1v) is 8.34. The van der Waals surface area contributed by atoms with Crippen LogP contribution in [0.3, 0.4) is 0 Å². The fourth-order valence-corrected chi connectivity index (χ4v) is 2.94. The van der Waals surface area contributed by atoms with Crippen molar-refractivity contribution in [3.63, 3.8) is 0 Å². The van der Waals surface area contributed by atoms with Gasteiger partial charge in [0.2, 0.25) is 5.91 Å². The molecule has 0 aliphatic heterocycles. The van der Waals surface area contributed by atoms with E-state index in [0.717, 1.165) is 0 Å². The van der Waals surface area contributed by atoms with Gasteiger partial charge in [0, 0.05) is 17.2 Å². The van der Waals surface area contributed by atoms with Gasteiger partial charge < -0.3 is 15.9 Å². The Morgan fingerprint density at radius 3 is 2.18 bits per heavy atom. The zero-order valence-corrected chi connectivity index (χ0v) is 13.9. The number of hydrogen-bond donors (Lipinski definition) is 5. The van der Waals surface area contributed by atoms with Crippen LogP contribution in [0.1, 0.15) is 26.3 Å². The van der Waals surface area contributed by atoms with Gasteiger partial charge in [-0.25, -0.2) is 8.99 Å². The van der Waals surface area contributed by atoms with E-state index >= 15 is 0 Å². The molecule has 5 N–H and O–H groups in total. The van der Waals surface area contributed by atoms with Gasteiger partial charge in [-0.1, -0.05) is 12.1 Å². The van der Waals surface area contributed by atoms with E-state index in [4.69, 9.17) is 10.2 Å². The maximum absolute atomic E-state index is 12.3. The van der Waals surface area contributed by atoms with Gasteiger partial charge in [0.05, 0.1) is 15.4 Å². The summed E-state index contributed by atoms with van der Waals surface area (Å²) in [5, 5.41) is 19.4. The highest BCUT2D eigenvalue weighted by Crippen LogP contribution is 2.20. The Morgan fingerprint density at radius 2 is 1.82 bits per heavy atom. The van der Waals surface area contributed by atoms with Crippen molar-refractivity contribution in [1.82, 2.24) is 10.8 Å². The fraction of sp³-hybridized carbons (Fsp3) is 0.429. The zero-order valence-electron chi connectivity index (χ0n) is 13.1. The molecule has 0 radical (unpaired) electrons. The van der Waals surface area contributed by atoms with Crippen LogP contribution in [-0.4, -0.2) is 38.9 Å². The number of nitrogens with one attached hydrogen (secondary N) is 4. The molecule has 2 unspecified atom stereocenters. The number of amides is 1. The highest BCUT2D eigenvalue weighted by molar-refractivity contribution is 7.93. The van der Waals surface area contributed by atoms with Gasteiger partial charge in [-0.15, -0.1) is 0 Å². The Balaban J connectivity index is 3.20. The van der Waals surface area contributed by atoms with Crippen LogP contribution in [0.25, 0.3) is 0 Å². The molecule has 0 saturated heterocycles. The highest BCUT2D eigenvalue weighted by atomic mass is 32.2. The summed E-state index contributed by atoms with van der Waals surface area (Å²) in [5.41, 5.74) is 0.507. The monoisotopic (exact) mass is 326 g/mol. The lowest BCUT2D eigenvalue weighted by atomic mass is 9.90. The van der Waals surface area contributed by atoms with Crippen molar-refractivity contribution < 1.29 is 14.2 Å². The van der Waals surface area contributed by atoms with Crippen LogP contribution < -0.4 is 10.8 Å². The molecule has 0 aliphatic rings. The molecular weight excluding hydrogens is 304 g/mol.